The van der Waals surface area contributed by atoms with Gasteiger partial charge in [-0.05, 0) is 44.2 Å². The number of unbranched alkanes of at least 4 members (excludes halogenated alkanes) is 1. The molecule has 4 atom stereocenters. The van der Waals surface area contributed by atoms with Crippen LogP contribution >= 0.6 is 0 Å². The minimum atomic E-state index is -1.21. The number of rotatable bonds is 17. The molecule has 0 saturated heterocycles. The molecule has 14 nitrogen and oxygen atoms in total. The van der Waals surface area contributed by atoms with Gasteiger partial charge in [0.2, 0.25) is 17.7 Å². The van der Waals surface area contributed by atoms with Crippen LogP contribution < -0.4 is 27.4 Å². The number of hydrogen-bond acceptors (Lipinski definition) is 8. The number of carboxylic acids is 1. The van der Waals surface area contributed by atoms with Crippen molar-refractivity contribution in [1.82, 2.24) is 20.9 Å². The van der Waals surface area contributed by atoms with Crippen molar-refractivity contribution in [1.29, 1.82) is 5.41 Å². The van der Waals surface area contributed by atoms with Crippen LogP contribution in [0.15, 0.2) is 28.2 Å². The minimum Gasteiger partial charge on any atom is -0.480 e. The van der Waals surface area contributed by atoms with Gasteiger partial charge in [0, 0.05) is 38.9 Å². The van der Waals surface area contributed by atoms with Crippen molar-refractivity contribution in [3.63, 3.8) is 0 Å². The van der Waals surface area contributed by atoms with E-state index in [0.717, 1.165) is 17.8 Å². The molecule has 1 aliphatic rings. The molecule has 1 aromatic heterocycles. The number of carboxylic acid groups (broad SMARTS) is 1. The Bertz CT molecular complexity index is 1130. The number of carbonyl (C=O) groups is 4. The summed E-state index contributed by atoms with van der Waals surface area (Å²) in [7, 11) is 0. The molecule has 2 heterocycles. The Hall–Kier alpha value is -3.91. The van der Waals surface area contributed by atoms with Gasteiger partial charge < -0.3 is 46.9 Å². The highest BCUT2D eigenvalue weighted by Gasteiger charge is 2.28. The molecular formula is C28H45N7O7. The zero-order valence-electron chi connectivity index (χ0n) is 24.5. The third kappa shape index (κ3) is 11.5. The van der Waals surface area contributed by atoms with Gasteiger partial charge in [-0.25, -0.2) is 4.79 Å². The molecule has 1 aliphatic heterocycles. The Labute approximate surface area is 245 Å². The largest absolute Gasteiger partial charge is 0.480 e. The molecule has 2 rings (SSSR count). The predicted molar refractivity (Wildman–Crippen MR) is 155 cm³/mol. The van der Waals surface area contributed by atoms with Crippen LogP contribution in [0.25, 0.3) is 0 Å². The Morgan fingerprint density at radius 2 is 1.69 bits per heavy atom. The van der Waals surface area contributed by atoms with Crippen LogP contribution in [0.5, 0.6) is 0 Å². The van der Waals surface area contributed by atoms with Crippen LogP contribution in [0.2, 0.25) is 0 Å². The summed E-state index contributed by atoms with van der Waals surface area (Å²) in [5, 5.41) is 34.6. The lowest BCUT2D eigenvalue weighted by Gasteiger charge is -2.23. The lowest BCUT2D eigenvalue weighted by molar-refractivity contribution is -0.141. The van der Waals surface area contributed by atoms with E-state index in [1.165, 1.54) is 6.92 Å². The van der Waals surface area contributed by atoms with Crippen LogP contribution in [-0.2, 0) is 32.0 Å². The molecule has 4 unspecified atom stereocenters. The summed E-state index contributed by atoms with van der Waals surface area (Å²) in [6.45, 7) is 6.47. The molecule has 0 bridgehead atoms. The number of nitrogens with zero attached hydrogens (tertiary/aromatic N) is 1. The molecule has 0 saturated carbocycles. The number of furan rings is 1. The standard InChI is InChI=1S/C28H45N7O7/c1-16(2)12-19-7-8-20(42-19)14-22(27(40)41)33-23(37)6-4-5-10-32-25(38)21(34-26(39)24(29)17(3)36)13-18-9-11-35(15-18)28(30)31/h7-9,16-17,21-22,24,36H,4-6,10-15,29H2,1-3H3,(H3,30,31)(H,32,38)(H,33,37)(H,34,39)(H,40,41). The topological polar surface area (TPSA) is 237 Å². The monoisotopic (exact) mass is 591 g/mol. The van der Waals surface area contributed by atoms with Gasteiger partial charge in [-0.1, -0.05) is 25.5 Å². The fraction of sp³-hybridized carbons (Fsp3) is 0.607. The van der Waals surface area contributed by atoms with Gasteiger partial charge in [-0.2, -0.15) is 0 Å². The van der Waals surface area contributed by atoms with E-state index in [4.69, 9.17) is 21.3 Å². The maximum atomic E-state index is 12.9. The molecule has 14 heteroatoms. The first-order valence-corrected chi connectivity index (χ1v) is 14.1. The summed E-state index contributed by atoms with van der Waals surface area (Å²) in [5.74, 6) is -1.19. The molecule has 0 spiro atoms. The highest BCUT2D eigenvalue weighted by Crippen LogP contribution is 2.16. The van der Waals surface area contributed by atoms with Gasteiger partial charge in [0.25, 0.3) is 0 Å². The van der Waals surface area contributed by atoms with Gasteiger partial charge in [-0.15, -0.1) is 0 Å². The first-order valence-electron chi connectivity index (χ1n) is 14.1. The quantitative estimate of drug-likeness (QED) is 0.0504. The number of guanidine groups is 1. The average Bonchev–Trinajstić information content (AvgIpc) is 3.56. The van der Waals surface area contributed by atoms with Gasteiger partial charge in [0.1, 0.15) is 29.6 Å². The van der Waals surface area contributed by atoms with Gasteiger partial charge in [0.05, 0.1) is 6.10 Å². The molecule has 0 fully saturated rings. The lowest BCUT2D eigenvalue weighted by atomic mass is 10.0. The lowest BCUT2D eigenvalue weighted by Crippen LogP contribution is -2.54. The summed E-state index contributed by atoms with van der Waals surface area (Å²) in [4.78, 5) is 51.1. The van der Waals surface area contributed by atoms with Crippen molar-refractivity contribution >= 4 is 29.7 Å². The van der Waals surface area contributed by atoms with Gasteiger partial charge >= 0.3 is 5.97 Å². The van der Waals surface area contributed by atoms with Crippen molar-refractivity contribution in [2.24, 2.45) is 17.4 Å². The van der Waals surface area contributed by atoms with Gasteiger partial charge in [0.15, 0.2) is 5.96 Å². The Kier molecular flexibility index (Phi) is 13.5. The smallest absolute Gasteiger partial charge is 0.326 e. The fourth-order valence-corrected chi connectivity index (χ4v) is 4.36. The molecule has 1 aromatic rings. The van der Waals surface area contributed by atoms with Crippen molar-refractivity contribution in [2.45, 2.75) is 83.5 Å². The highest BCUT2D eigenvalue weighted by molar-refractivity contribution is 5.90. The predicted octanol–water partition coefficient (Wildman–Crippen LogP) is -0.405. The van der Waals surface area contributed by atoms with E-state index in [1.54, 1.807) is 11.0 Å². The molecule has 0 aliphatic carbocycles. The van der Waals surface area contributed by atoms with E-state index >= 15 is 0 Å². The SMILES string of the molecule is CC(C)Cc1ccc(CC(NC(=O)CCCCNC(=O)C(CC2=CCN(C(=N)N)C2)NC(=O)C(N)C(C)O)C(=O)O)o1. The normalized spacial score (nSPS) is 15.9. The van der Waals surface area contributed by atoms with Crippen LogP contribution in [0.3, 0.4) is 0 Å². The maximum absolute atomic E-state index is 12.9. The molecular weight excluding hydrogens is 546 g/mol. The Morgan fingerprint density at radius 1 is 1.02 bits per heavy atom. The van der Waals surface area contributed by atoms with Crippen LogP contribution in [0, 0.1) is 11.3 Å². The molecule has 234 valence electrons. The van der Waals surface area contributed by atoms with Crippen LogP contribution in [0.1, 0.15) is 58.0 Å². The van der Waals surface area contributed by atoms with Crippen molar-refractivity contribution in [3.05, 3.63) is 35.3 Å². The van der Waals surface area contributed by atoms with Crippen molar-refractivity contribution < 1.29 is 33.8 Å². The van der Waals surface area contributed by atoms with Gasteiger partial charge in [-0.3, -0.25) is 19.8 Å². The third-order valence-electron chi connectivity index (χ3n) is 6.75. The second kappa shape index (κ2) is 16.5. The third-order valence-corrected chi connectivity index (χ3v) is 6.75. The van der Waals surface area contributed by atoms with Crippen molar-refractivity contribution in [2.75, 3.05) is 19.6 Å². The number of carbonyl (C=O) groups excluding carboxylic acids is 3. The highest BCUT2D eigenvalue weighted by atomic mass is 16.4. The summed E-state index contributed by atoms with van der Waals surface area (Å²) in [5.41, 5.74) is 12.1. The molecule has 10 N–H and O–H groups in total. The number of nitrogens with two attached hydrogens (primary N) is 2. The molecule has 0 radical (unpaired) electrons. The van der Waals surface area contributed by atoms with Crippen molar-refractivity contribution in [3.8, 4) is 0 Å². The average molecular weight is 592 g/mol. The zero-order valence-corrected chi connectivity index (χ0v) is 24.5. The fourth-order valence-electron chi connectivity index (χ4n) is 4.36. The number of aliphatic hydroxyl groups excluding tert-OH is 1. The van der Waals surface area contributed by atoms with E-state index in [-0.39, 0.29) is 31.8 Å². The Balaban J connectivity index is 1.82. The number of hydrogen-bond donors (Lipinski definition) is 8. The summed E-state index contributed by atoms with van der Waals surface area (Å²) in [6, 6.07) is 0.223. The Morgan fingerprint density at radius 3 is 2.26 bits per heavy atom. The molecule has 0 aromatic carbocycles. The second-order valence-electron chi connectivity index (χ2n) is 11.0. The van der Waals surface area contributed by atoms with E-state index in [1.807, 2.05) is 12.1 Å². The minimum absolute atomic E-state index is 0.0294. The first kappa shape index (κ1) is 34.3. The first-order chi connectivity index (χ1) is 19.8. The summed E-state index contributed by atoms with van der Waals surface area (Å²) in [6.07, 6.45) is 2.54. The van der Waals surface area contributed by atoms with E-state index in [9.17, 15) is 29.4 Å². The number of nitrogens with one attached hydrogen (secondary N) is 4. The zero-order chi connectivity index (χ0) is 31.4. The summed E-state index contributed by atoms with van der Waals surface area (Å²) < 4.78 is 5.70. The number of amides is 3. The number of aliphatic carboxylic acids is 1. The summed E-state index contributed by atoms with van der Waals surface area (Å²) >= 11 is 0. The van der Waals surface area contributed by atoms with E-state index < -0.39 is 47.9 Å². The maximum Gasteiger partial charge on any atom is 0.326 e. The van der Waals surface area contributed by atoms with Crippen LogP contribution in [0.4, 0.5) is 0 Å². The molecule has 3 amide bonds. The second-order valence-corrected chi connectivity index (χ2v) is 11.0. The number of aliphatic hydroxyl groups is 1. The molecule has 42 heavy (non-hydrogen) atoms. The van der Waals surface area contributed by atoms with E-state index in [2.05, 4.69) is 29.8 Å². The van der Waals surface area contributed by atoms with E-state index in [0.29, 0.717) is 37.6 Å². The van der Waals surface area contributed by atoms with Crippen LogP contribution in [-0.4, -0.2) is 88.6 Å².